The van der Waals surface area contributed by atoms with Crippen molar-refractivity contribution >= 4 is 23.2 Å². The summed E-state index contributed by atoms with van der Waals surface area (Å²) in [6.45, 7) is 2.20. The van der Waals surface area contributed by atoms with Crippen molar-refractivity contribution in [1.82, 2.24) is 5.32 Å². The minimum atomic E-state index is 0.209. The topological polar surface area (TPSA) is 50.8 Å². The van der Waals surface area contributed by atoms with Crippen LogP contribution in [0.1, 0.15) is 24.0 Å². The number of hydrogen-bond donors (Lipinski definition) is 1. The van der Waals surface area contributed by atoms with Crippen LogP contribution in [0.5, 0.6) is 11.5 Å². The van der Waals surface area contributed by atoms with Crippen LogP contribution in [0.2, 0.25) is 5.02 Å². The predicted octanol–water partition coefficient (Wildman–Crippen LogP) is 3.77. The molecule has 1 aliphatic heterocycles. The van der Waals surface area contributed by atoms with Gasteiger partial charge in [0.15, 0.2) is 11.5 Å². The van der Waals surface area contributed by atoms with Crippen molar-refractivity contribution in [2.75, 3.05) is 25.7 Å². The highest BCUT2D eigenvalue weighted by Gasteiger charge is 2.21. The molecule has 1 N–H and O–H groups in total. The quantitative estimate of drug-likeness (QED) is 0.801. The number of methoxy groups -OCH3 is 2. The summed E-state index contributed by atoms with van der Waals surface area (Å²) in [6, 6.07) is 11.9. The first-order chi connectivity index (χ1) is 12.6. The zero-order chi connectivity index (χ0) is 18.5. The van der Waals surface area contributed by atoms with E-state index in [2.05, 4.69) is 17.4 Å². The molecule has 6 heteroatoms. The molecule has 1 saturated heterocycles. The van der Waals surface area contributed by atoms with Crippen molar-refractivity contribution in [2.45, 2.75) is 25.9 Å². The van der Waals surface area contributed by atoms with Gasteiger partial charge in [0, 0.05) is 31.7 Å². The second-order valence-electron chi connectivity index (χ2n) is 6.23. The Labute approximate surface area is 158 Å². The zero-order valence-electron chi connectivity index (χ0n) is 15.0. The maximum Gasteiger partial charge on any atom is 0.227 e. The van der Waals surface area contributed by atoms with Gasteiger partial charge in [-0.3, -0.25) is 4.79 Å². The highest BCUT2D eigenvalue weighted by molar-refractivity contribution is 6.32. The van der Waals surface area contributed by atoms with Gasteiger partial charge in [-0.25, -0.2) is 0 Å². The summed E-state index contributed by atoms with van der Waals surface area (Å²) in [5, 5.41) is 3.93. The average molecular weight is 375 g/mol. The van der Waals surface area contributed by atoms with E-state index in [-0.39, 0.29) is 5.91 Å². The van der Waals surface area contributed by atoms with Crippen LogP contribution in [-0.2, 0) is 17.9 Å². The van der Waals surface area contributed by atoms with Crippen LogP contribution in [0.15, 0.2) is 36.4 Å². The van der Waals surface area contributed by atoms with Gasteiger partial charge in [-0.05, 0) is 41.8 Å². The third kappa shape index (κ3) is 4.11. The fourth-order valence-electron chi connectivity index (χ4n) is 3.14. The van der Waals surface area contributed by atoms with Crippen molar-refractivity contribution in [3.8, 4) is 11.5 Å². The number of hydrogen-bond acceptors (Lipinski definition) is 4. The lowest BCUT2D eigenvalue weighted by Gasteiger charge is -2.16. The summed E-state index contributed by atoms with van der Waals surface area (Å²) < 4.78 is 10.6. The molecule has 1 heterocycles. The zero-order valence-corrected chi connectivity index (χ0v) is 15.8. The Bertz CT molecular complexity index is 777. The van der Waals surface area contributed by atoms with E-state index in [4.69, 9.17) is 21.1 Å². The second kappa shape index (κ2) is 8.43. The molecular weight excluding hydrogens is 352 g/mol. The van der Waals surface area contributed by atoms with E-state index in [1.54, 1.807) is 14.2 Å². The number of carbonyl (C=O) groups excluding carboxylic acids is 1. The molecule has 2 aromatic carbocycles. The maximum absolute atomic E-state index is 11.8. The molecule has 1 fully saturated rings. The number of benzene rings is 2. The maximum atomic E-state index is 11.8. The highest BCUT2D eigenvalue weighted by Crippen LogP contribution is 2.36. The standard InChI is InChI=1S/C20H23ClN2O3/c1-25-18-11-15(10-17(21)20(18)26-2)13-22-12-14-5-7-16(8-6-14)23-9-3-4-19(23)24/h5-8,10-11,22H,3-4,9,12-13H2,1-2H3. The normalized spacial score (nSPS) is 14.0. The van der Waals surface area contributed by atoms with Gasteiger partial charge in [0.1, 0.15) is 0 Å². The molecule has 0 bridgehead atoms. The molecule has 138 valence electrons. The lowest BCUT2D eigenvalue weighted by molar-refractivity contribution is -0.117. The molecule has 1 aliphatic rings. The van der Waals surface area contributed by atoms with Crippen LogP contribution in [0.4, 0.5) is 5.69 Å². The number of nitrogens with zero attached hydrogens (tertiary/aromatic N) is 1. The fourth-order valence-corrected chi connectivity index (χ4v) is 3.45. The summed E-state index contributed by atoms with van der Waals surface area (Å²) >= 11 is 6.24. The first-order valence-corrected chi connectivity index (χ1v) is 9.00. The smallest absolute Gasteiger partial charge is 0.227 e. The Morgan fingerprint density at radius 2 is 1.81 bits per heavy atom. The van der Waals surface area contributed by atoms with Crippen LogP contribution in [0.3, 0.4) is 0 Å². The van der Waals surface area contributed by atoms with Gasteiger partial charge < -0.3 is 19.7 Å². The first kappa shape index (κ1) is 18.5. The molecule has 0 saturated carbocycles. The van der Waals surface area contributed by atoms with E-state index in [0.717, 1.165) is 36.3 Å². The van der Waals surface area contributed by atoms with Crippen molar-refractivity contribution in [1.29, 1.82) is 0 Å². The number of anilines is 1. The molecule has 0 atom stereocenters. The van der Waals surface area contributed by atoms with Crippen molar-refractivity contribution < 1.29 is 14.3 Å². The number of rotatable bonds is 7. The summed E-state index contributed by atoms with van der Waals surface area (Å²) in [5.74, 6) is 1.38. The number of halogens is 1. The van der Waals surface area contributed by atoms with E-state index >= 15 is 0 Å². The van der Waals surface area contributed by atoms with E-state index in [9.17, 15) is 4.79 Å². The Balaban J connectivity index is 1.58. The van der Waals surface area contributed by atoms with Crippen LogP contribution in [0, 0.1) is 0 Å². The lowest BCUT2D eigenvalue weighted by Crippen LogP contribution is -2.23. The summed E-state index contributed by atoms with van der Waals surface area (Å²) in [5.41, 5.74) is 3.15. The lowest BCUT2D eigenvalue weighted by atomic mass is 10.1. The molecule has 0 radical (unpaired) electrons. The number of amides is 1. The van der Waals surface area contributed by atoms with Crippen LogP contribution in [0.25, 0.3) is 0 Å². The van der Waals surface area contributed by atoms with Gasteiger partial charge in [-0.15, -0.1) is 0 Å². The van der Waals surface area contributed by atoms with E-state index in [1.807, 2.05) is 29.2 Å². The average Bonchev–Trinajstić information content (AvgIpc) is 3.08. The van der Waals surface area contributed by atoms with Crippen LogP contribution >= 0.6 is 11.6 Å². The minimum absolute atomic E-state index is 0.209. The molecule has 26 heavy (non-hydrogen) atoms. The molecule has 0 unspecified atom stereocenters. The number of ether oxygens (including phenoxy) is 2. The van der Waals surface area contributed by atoms with Gasteiger partial charge in [0.05, 0.1) is 19.2 Å². The van der Waals surface area contributed by atoms with Gasteiger partial charge in [0.25, 0.3) is 0 Å². The van der Waals surface area contributed by atoms with Gasteiger partial charge in [-0.2, -0.15) is 0 Å². The van der Waals surface area contributed by atoms with Crippen molar-refractivity contribution in [3.05, 3.63) is 52.5 Å². The van der Waals surface area contributed by atoms with E-state index < -0.39 is 0 Å². The van der Waals surface area contributed by atoms with Gasteiger partial charge in [0.2, 0.25) is 5.91 Å². The van der Waals surface area contributed by atoms with E-state index in [1.165, 1.54) is 0 Å². The second-order valence-corrected chi connectivity index (χ2v) is 6.64. The van der Waals surface area contributed by atoms with E-state index in [0.29, 0.717) is 29.5 Å². The third-order valence-corrected chi connectivity index (χ3v) is 4.75. The Kier molecular flexibility index (Phi) is 6.01. The molecule has 0 aliphatic carbocycles. The number of nitrogens with one attached hydrogen (secondary N) is 1. The molecule has 3 rings (SSSR count). The van der Waals surface area contributed by atoms with Gasteiger partial charge in [-0.1, -0.05) is 23.7 Å². The van der Waals surface area contributed by atoms with Crippen molar-refractivity contribution in [3.63, 3.8) is 0 Å². The predicted molar refractivity (Wildman–Crippen MR) is 103 cm³/mol. The number of carbonyl (C=O) groups is 1. The third-order valence-electron chi connectivity index (χ3n) is 4.47. The van der Waals surface area contributed by atoms with Gasteiger partial charge >= 0.3 is 0 Å². The monoisotopic (exact) mass is 374 g/mol. The highest BCUT2D eigenvalue weighted by atomic mass is 35.5. The van der Waals surface area contributed by atoms with Crippen molar-refractivity contribution in [2.24, 2.45) is 0 Å². The molecule has 5 nitrogen and oxygen atoms in total. The Morgan fingerprint density at radius 1 is 1.08 bits per heavy atom. The molecule has 1 amide bonds. The summed E-state index contributed by atoms with van der Waals surface area (Å²) in [6.07, 6.45) is 1.59. The Morgan fingerprint density at radius 3 is 2.42 bits per heavy atom. The summed E-state index contributed by atoms with van der Waals surface area (Å²) in [7, 11) is 3.17. The SMILES string of the molecule is COc1cc(CNCc2ccc(N3CCCC3=O)cc2)cc(Cl)c1OC. The minimum Gasteiger partial charge on any atom is -0.493 e. The fraction of sp³-hybridized carbons (Fsp3) is 0.350. The first-order valence-electron chi connectivity index (χ1n) is 8.63. The molecule has 2 aromatic rings. The summed E-state index contributed by atoms with van der Waals surface area (Å²) in [4.78, 5) is 13.6. The molecule has 0 spiro atoms. The van der Waals surface area contributed by atoms with Crippen LogP contribution in [-0.4, -0.2) is 26.7 Å². The Hall–Kier alpha value is -2.24. The molecule has 0 aromatic heterocycles. The largest absolute Gasteiger partial charge is 0.493 e. The molecular formula is C20H23ClN2O3. The van der Waals surface area contributed by atoms with Crippen LogP contribution < -0.4 is 19.7 Å².